The number of ether oxygens (including phenoxy) is 1. The van der Waals surface area contributed by atoms with Crippen molar-refractivity contribution in [2.75, 3.05) is 6.61 Å². The molecule has 0 amide bonds. The maximum absolute atomic E-state index is 12.9. The van der Waals surface area contributed by atoms with Gasteiger partial charge in [0.2, 0.25) is 5.69 Å². The number of nitrogens with one attached hydrogen (secondary N) is 1. The molecule has 2 unspecified atom stereocenters. The van der Waals surface area contributed by atoms with Crippen LogP contribution < -0.4 is 0 Å². The minimum Gasteiger partial charge on any atom is -0.462 e. The molecule has 0 radical (unpaired) electrons. The van der Waals surface area contributed by atoms with Crippen LogP contribution >= 0.6 is 23.2 Å². The Bertz CT molecular complexity index is 1210. The molecule has 174 valence electrons. The lowest BCUT2D eigenvalue weighted by atomic mass is 9.67. The van der Waals surface area contributed by atoms with Crippen molar-refractivity contribution in [3.05, 3.63) is 50.9 Å². The number of H-pyrrole nitrogens is 1. The number of rotatable bonds is 5. The summed E-state index contributed by atoms with van der Waals surface area (Å²) in [5.74, 6) is 2.13. The van der Waals surface area contributed by atoms with Crippen molar-refractivity contribution in [2.24, 2.45) is 23.7 Å². The number of hydrogen-bond acceptors (Lipinski definition) is 3. The molecule has 8 heteroatoms. The molecule has 1 saturated carbocycles. The average molecular weight is 487 g/mol. The minimum atomic E-state index is -0.539. The van der Waals surface area contributed by atoms with E-state index in [0.29, 0.717) is 62.9 Å². The maximum atomic E-state index is 12.9. The highest BCUT2D eigenvalue weighted by Gasteiger charge is 2.35. The van der Waals surface area contributed by atoms with Crippen molar-refractivity contribution in [3.8, 4) is 11.4 Å². The summed E-state index contributed by atoms with van der Waals surface area (Å²) in [7, 11) is 0. The molecule has 0 aliphatic heterocycles. The SMILES string of the molecule is [C-]#[N+]c1c(CC2C(C)CC(C)CC2C)c2nc(-c3cc(Cl)cc(Cl)c3)[nH]n2c1C(=O)OCC. The van der Waals surface area contributed by atoms with Gasteiger partial charge < -0.3 is 4.74 Å². The zero-order valence-electron chi connectivity index (χ0n) is 19.3. The number of benzene rings is 1. The third-order valence-electron chi connectivity index (χ3n) is 6.82. The fourth-order valence-electron chi connectivity index (χ4n) is 5.49. The van der Waals surface area contributed by atoms with Crippen LogP contribution in [0.3, 0.4) is 0 Å². The standard InChI is InChI=1S/C25H28Cl2N4O2/c1-6-33-25(32)22-21(28-5)20(12-19-14(3)7-13(2)8-15(19)4)24-29-23(30-31(22)24)16-9-17(26)11-18(27)10-16/h9-11,13-15,19H,6-8,12H2,1-4H3,(H,29,30). The van der Waals surface area contributed by atoms with E-state index in [4.69, 9.17) is 39.5 Å². The lowest BCUT2D eigenvalue weighted by Gasteiger charge is -2.38. The average Bonchev–Trinajstić information content (AvgIpc) is 3.27. The summed E-state index contributed by atoms with van der Waals surface area (Å²) in [6, 6.07) is 5.18. The Balaban J connectivity index is 1.88. The normalized spacial score (nSPS) is 22.9. The second-order valence-corrected chi connectivity index (χ2v) is 10.2. The van der Waals surface area contributed by atoms with E-state index in [9.17, 15) is 4.79 Å². The number of esters is 1. The van der Waals surface area contributed by atoms with Crippen LogP contribution in [0.15, 0.2) is 18.2 Å². The van der Waals surface area contributed by atoms with Crippen molar-refractivity contribution in [3.63, 3.8) is 0 Å². The van der Waals surface area contributed by atoms with Crippen molar-refractivity contribution in [1.82, 2.24) is 14.6 Å². The molecule has 0 bridgehead atoms. The molecule has 1 aromatic carbocycles. The fourth-order valence-corrected chi connectivity index (χ4v) is 6.01. The number of aromatic nitrogens is 3. The Labute approximate surface area is 204 Å². The summed E-state index contributed by atoms with van der Waals surface area (Å²) in [5, 5.41) is 4.16. The molecule has 2 atom stereocenters. The second kappa shape index (κ2) is 9.40. The van der Waals surface area contributed by atoms with Gasteiger partial charge in [-0.05, 0) is 68.1 Å². The molecule has 1 fully saturated rings. The quantitative estimate of drug-likeness (QED) is 0.305. The largest absolute Gasteiger partial charge is 0.462 e. The number of carbonyl (C=O) groups excluding carboxylic acids is 1. The zero-order valence-corrected chi connectivity index (χ0v) is 20.8. The van der Waals surface area contributed by atoms with Gasteiger partial charge in [0.1, 0.15) is 5.65 Å². The van der Waals surface area contributed by atoms with E-state index in [-0.39, 0.29) is 12.3 Å². The molecule has 1 aliphatic carbocycles. The molecule has 0 spiro atoms. The van der Waals surface area contributed by atoms with Crippen molar-refractivity contribution < 1.29 is 9.53 Å². The van der Waals surface area contributed by atoms with Gasteiger partial charge in [-0.15, -0.1) is 0 Å². The molecule has 4 rings (SSSR count). The maximum Gasteiger partial charge on any atom is 0.346 e. The number of nitrogens with zero attached hydrogens (tertiary/aromatic N) is 3. The Hall–Kier alpha value is -2.49. The smallest absolute Gasteiger partial charge is 0.346 e. The summed E-state index contributed by atoms with van der Waals surface area (Å²) in [6.45, 7) is 16.7. The topological polar surface area (TPSA) is 63.8 Å². The van der Waals surface area contributed by atoms with Gasteiger partial charge in [0.25, 0.3) is 0 Å². The number of carbonyl (C=O) groups is 1. The first-order chi connectivity index (χ1) is 15.7. The number of hydrogen-bond donors (Lipinski definition) is 1. The summed E-state index contributed by atoms with van der Waals surface area (Å²) in [4.78, 5) is 21.5. The van der Waals surface area contributed by atoms with Crippen molar-refractivity contribution in [2.45, 2.75) is 47.0 Å². The van der Waals surface area contributed by atoms with E-state index in [1.165, 1.54) is 0 Å². The minimum absolute atomic E-state index is 0.188. The van der Waals surface area contributed by atoms with E-state index in [1.807, 2.05) is 0 Å². The molecule has 2 heterocycles. The van der Waals surface area contributed by atoms with Crippen LogP contribution in [0.5, 0.6) is 0 Å². The molecule has 1 N–H and O–H groups in total. The molecule has 6 nitrogen and oxygen atoms in total. The molecule has 1 aliphatic rings. The molecule has 2 aromatic heterocycles. The second-order valence-electron chi connectivity index (χ2n) is 9.30. The number of aromatic amines is 1. The highest BCUT2D eigenvalue weighted by Crippen LogP contribution is 2.43. The van der Waals surface area contributed by atoms with Crippen LogP contribution in [0.4, 0.5) is 5.69 Å². The lowest BCUT2D eigenvalue weighted by Crippen LogP contribution is -2.30. The van der Waals surface area contributed by atoms with E-state index in [0.717, 1.165) is 18.4 Å². The summed E-state index contributed by atoms with van der Waals surface area (Å²) >= 11 is 12.4. The van der Waals surface area contributed by atoms with Gasteiger partial charge in [0.15, 0.2) is 11.5 Å². The Morgan fingerprint density at radius 2 is 1.85 bits per heavy atom. The predicted molar refractivity (Wildman–Crippen MR) is 131 cm³/mol. The summed E-state index contributed by atoms with van der Waals surface area (Å²) < 4.78 is 6.89. The van der Waals surface area contributed by atoms with Crippen LogP contribution in [0.1, 0.15) is 56.6 Å². The van der Waals surface area contributed by atoms with Crippen molar-refractivity contribution >= 4 is 40.5 Å². The van der Waals surface area contributed by atoms with E-state index in [2.05, 4.69) is 30.7 Å². The Morgan fingerprint density at radius 3 is 2.42 bits per heavy atom. The molecular weight excluding hydrogens is 459 g/mol. The lowest BCUT2D eigenvalue weighted by molar-refractivity contribution is 0.0518. The van der Waals surface area contributed by atoms with Gasteiger partial charge in [-0.25, -0.2) is 19.1 Å². The van der Waals surface area contributed by atoms with E-state index in [1.54, 1.807) is 29.6 Å². The molecule has 3 aromatic rings. The highest BCUT2D eigenvalue weighted by molar-refractivity contribution is 6.35. The molecular formula is C25H28Cl2N4O2. The van der Waals surface area contributed by atoms with Crippen LogP contribution in [0.2, 0.25) is 10.0 Å². The van der Waals surface area contributed by atoms with Crippen LogP contribution in [-0.2, 0) is 11.2 Å². The molecule has 33 heavy (non-hydrogen) atoms. The van der Waals surface area contributed by atoms with Gasteiger partial charge >= 0.3 is 5.97 Å². The first-order valence-electron chi connectivity index (χ1n) is 11.4. The van der Waals surface area contributed by atoms with E-state index >= 15 is 0 Å². The Morgan fingerprint density at radius 1 is 1.21 bits per heavy atom. The summed E-state index contributed by atoms with van der Waals surface area (Å²) in [6.07, 6.45) is 3.02. The van der Waals surface area contributed by atoms with Gasteiger partial charge in [-0.1, -0.05) is 44.0 Å². The zero-order chi connectivity index (χ0) is 23.9. The number of fused-ring (bicyclic) bond motifs is 1. The van der Waals surface area contributed by atoms with Gasteiger partial charge in [0.05, 0.1) is 13.2 Å². The third kappa shape index (κ3) is 4.49. The monoisotopic (exact) mass is 486 g/mol. The van der Waals surface area contributed by atoms with E-state index < -0.39 is 5.97 Å². The van der Waals surface area contributed by atoms with Crippen LogP contribution in [0.25, 0.3) is 21.9 Å². The van der Waals surface area contributed by atoms with Crippen molar-refractivity contribution in [1.29, 1.82) is 0 Å². The first-order valence-corrected chi connectivity index (χ1v) is 12.1. The van der Waals surface area contributed by atoms with Gasteiger partial charge in [0, 0.05) is 21.2 Å². The fraction of sp³-hybridized carbons (Fsp3) is 0.480. The van der Waals surface area contributed by atoms with Gasteiger partial charge in [-0.3, -0.25) is 5.10 Å². The predicted octanol–water partition coefficient (Wildman–Crippen LogP) is 7.22. The number of halogens is 2. The Kier molecular flexibility index (Phi) is 6.74. The highest BCUT2D eigenvalue weighted by atomic mass is 35.5. The molecule has 0 saturated heterocycles. The van der Waals surface area contributed by atoms with Gasteiger partial charge in [-0.2, -0.15) is 0 Å². The van der Waals surface area contributed by atoms with Crippen LogP contribution in [0, 0.1) is 30.2 Å². The van der Waals surface area contributed by atoms with Crippen LogP contribution in [-0.4, -0.2) is 27.2 Å². The third-order valence-corrected chi connectivity index (χ3v) is 7.25. The summed E-state index contributed by atoms with van der Waals surface area (Å²) in [5.41, 5.74) is 2.58. The first kappa shape index (κ1) is 23.7.